The molecule has 2 N–H and O–H groups in total. The molecule has 1 unspecified atom stereocenters. The summed E-state index contributed by atoms with van der Waals surface area (Å²) in [5, 5.41) is 0. The van der Waals surface area contributed by atoms with E-state index in [1.165, 1.54) is 23.3 Å². The molecule has 0 radical (unpaired) electrons. The molecule has 0 amide bonds. The molecule has 0 saturated heterocycles. The summed E-state index contributed by atoms with van der Waals surface area (Å²) >= 11 is 0. The molecule has 2 rings (SSSR count). The highest BCUT2D eigenvalue weighted by atomic mass is 19.1. The van der Waals surface area contributed by atoms with Crippen LogP contribution in [0.4, 0.5) is 15.8 Å². The molecule has 2 nitrogen and oxygen atoms in total. The third-order valence-electron chi connectivity index (χ3n) is 3.33. The Hall–Kier alpha value is -1.87. The summed E-state index contributed by atoms with van der Waals surface area (Å²) in [5.41, 5.74) is 10.2. The van der Waals surface area contributed by atoms with Gasteiger partial charge in [-0.15, -0.1) is 0 Å². The number of rotatable bonds is 4. The molecule has 0 fully saturated rings. The van der Waals surface area contributed by atoms with E-state index in [9.17, 15) is 4.39 Å². The van der Waals surface area contributed by atoms with E-state index in [0.29, 0.717) is 0 Å². The molecule has 0 aliphatic carbocycles. The minimum absolute atomic E-state index is 0.0939. The number of halogens is 1. The van der Waals surface area contributed by atoms with Crippen molar-refractivity contribution in [3.05, 3.63) is 59.4 Å². The average molecular weight is 272 g/mol. The highest BCUT2D eigenvalue weighted by Gasteiger charge is 2.11. The van der Waals surface area contributed by atoms with Crippen LogP contribution in [0.15, 0.2) is 42.5 Å². The first kappa shape index (κ1) is 14.5. The third-order valence-corrected chi connectivity index (χ3v) is 3.33. The maximum Gasteiger partial charge on any atom is 0.125 e. The number of nitrogens with two attached hydrogens (primary N) is 1. The molecule has 1 atom stereocenters. The van der Waals surface area contributed by atoms with Gasteiger partial charge >= 0.3 is 0 Å². The van der Waals surface area contributed by atoms with E-state index < -0.39 is 0 Å². The van der Waals surface area contributed by atoms with E-state index in [1.807, 2.05) is 24.9 Å². The van der Waals surface area contributed by atoms with Gasteiger partial charge in [0.15, 0.2) is 0 Å². The van der Waals surface area contributed by atoms with Crippen molar-refractivity contribution in [2.75, 3.05) is 11.9 Å². The smallest absolute Gasteiger partial charge is 0.125 e. The topological polar surface area (TPSA) is 29.3 Å². The molecule has 3 heteroatoms. The first-order chi connectivity index (χ1) is 9.47. The lowest BCUT2D eigenvalue weighted by Gasteiger charge is -2.24. The van der Waals surface area contributed by atoms with Gasteiger partial charge in [-0.25, -0.2) is 4.39 Å². The number of benzene rings is 2. The van der Waals surface area contributed by atoms with Crippen LogP contribution in [0.2, 0.25) is 0 Å². The van der Waals surface area contributed by atoms with Crippen molar-refractivity contribution in [2.24, 2.45) is 5.73 Å². The van der Waals surface area contributed by atoms with Gasteiger partial charge in [0.25, 0.3) is 0 Å². The molecule has 0 bridgehead atoms. The van der Waals surface area contributed by atoms with E-state index in [1.54, 1.807) is 6.07 Å². The molecule has 0 heterocycles. The molecular formula is C17H21FN2. The van der Waals surface area contributed by atoms with Gasteiger partial charge in [-0.1, -0.05) is 23.8 Å². The van der Waals surface area contributed by atoms with Gasteiger partial charge in [-0.2, -0.15) is 0 Å². The Bertz CT molecular complexity index is 593. The second-order valence-electron chi connectivity index (χ2n) is 5.35. The fourth-order valence-corrected chi connectivity index (χ4v) is 2.38. The second kappa shape index (κ2) is 6.06. The van der Waals surface area contributed by atoms with Crippen LogP contribution in [0.1, 0.15) is 18.1 Å². The summed E-state index contributed by atoms with van der Waals surface area (Å²) in [7, 11) is 1.95. The Morgan fingerprint density at radius 2 is 1.95 bits per heavy atom. The molecule has 0 aliphatic heterocycles. The number of hydrogen-bond acceptors (Lipinski definition) is 2. The maximum atomic E-state index is 13.4. The van der Waals surface area contributed by atoms with Crippen LogP contribution in [0.3, 0.4) is 0 Å². The quantitative estimate of drug-likeness (QED) is 0.917. The molecule has 0 spiro atoms. The Morgan fingerprint density at radius 1 is 1.20 bits per heavy atom. The normalized spacial score (nSPS) is 12.2. The van der Waals surface area contributed by atoms with Crippen molar-refractivity contribution in [2.45, 2.75) is 26.3 Å². The van der Waals surface area contributed by atoms with Gasteiger partial charge in [-0.3, -0.25) is 0 Å². The molecule has 20 heavy (non-hydrogen) atoms. The van der Waals surface area contributed by atoms with Gasteiger partial charge in [0, 0.05) is 24.5 Å². The Balaban J connectivity index is 2.40. The van der Waals surface area contributed by atoms with Gasteiger partial charge in [0.1, 0.15) is 5.82 Å². The molecule has 0 aliphatic rings. The lowest BCUT2D eigenvalue weighted by Crippen LogP contribution is -2.20. The SMILES string of the molecule is Cc1ccc(N(C)c2cccc(F)c2)c(CC(C)N)c1. The largest absolute Gasteiger partial charge is 0.344 e. The molecule has 0 saturated carbocycles. The number of aryl methyl sites for hydroxylation is 1. The zero-order valence-corrected chi connectivity index (χ0v) is 12.2. The molecule has 2 aromatic rings. The summed E-state index contributed by atoms with van der Waals surface area (Å²) in [6.45, 7) is 4.06. The summed E-state index contributed by atoms with van der Waals surface area (Å²) in [5.74, 6) is -0.227. The fraction of sp³-hybridized carbons (Fsp3) is 0.294. The molecule has 0 aromatic heterocycles. The molecule has 2 aromatic carbocycles. The fourth-order valence-electron chi connectivity index (χ4n) is 2.38. The summed E-state index contributed by atoms with van der Waals surface area (Å²) in [6.07, 6.45) is 0.802. The lowest BCUT2D eigenvalue weighted by atomic mass is 10.0. The van der Waals surface area contributed by atoms with Crippen LogP contribution < -0.4 is 10.6 Å². The predicted molar refractivity (Wildman–Crippen MR) is 83.0 cm³/mol. The standard InChI is InChI=1S/C17H21FN2/c1-12-7-8-17(14(9-12)10-13(2)19)20(3)16-6-4-5-15(18)11-16/h4-9,11,13H,10,19H2,1-3H3. The van der Waals surface area contributed by atoms with Crippen LogP contribution in [0.5, 0.6) is 0 Å². The Morgan fingerprint density at radius 3 is 2.60 bits per heavy atom. The Labute approximate surface area is 120 Å². The minimum Gasteiger partial charge on any atom is -0.344 e. The summed E-state index contributed by atoms with van der Waals surface area (Å²) in [4.78, 5) is 2.00. The summed E-state index contributed by atoms with van der Waals surface area (Å²) in [6, 6.07) is 13.0. The van der Waals surface area contributed by atoms with E-state index in [-0.39, 0.29) is 11.9 Å². The van der Waals surface area contributed by atoms with Crippen LogP contribution >= 0.6 is 0 Å². The monoisotopic (exact) mass is 272 g/mol. The van der Waals surface area contributed by atoms with Crippen molar-refractivity contribution < 1.29 is 4.39 Å². The number of hydrogen-bond donors (Lipinski definition) is 1. The van der Waals surface area contributed by atoms with Crippen molar-refractivity contribution in [1.82, 2.24) is 0 Å². The molecular weight excluding hydrogens is 251 g/mol. The average Bonchev–Trinajstić information content (AvgIpc) is 2.37. The first-order valence-electron chi connectivity index (χ1n) is 6.82. The van der Waals surface area contributed by atoms with Crippen LogP contribution in [-0.2, 0) is 6.42 Å². The minimum atomic E-state index is -0.227. The van der Waals surface area contributed by atoms with E-state index >= 15 is 0 Å². The number of nitrogens with zero attached hydrogens (tertiary/aromatic N) is 1. The third kappa shape index (κ3) is 3.36. The highest BCUT2D eigenvalue weighted by Crippen LogP contribution is 2.29. The van der Waals surface area contributed by atoms with Crippen molar-refractivity contribution in [3.63, 3.8) is 0 Å². The van der Waals surface area contributed by atoms with Gasteiger partial charge in [0.05, 0.1) is 0 Å². The lowest BCUT2D eigenvalue weighted by molar-refractivity contribution is 0.628. The van der Waals surface area contributed by atoms with Crippen LogP contribution in [-0.4, -0.2) is 13.1 Å². The van der Waals surface area contributed by atoms with Crippen LogP contribution in [0, 0.1) is 12.7 Å². The zero-order chi connectivity index (χ0) is 14.7. The predicted octanol–water partition coefficient (Wildman–Crippen LogP) is 3.79. The van der Waals surface area contributed by atoms with Gasteiger partial charge in [-0.05, 0) is 50.1 Å². The first-order valence-corrected chi connectivity index (χ1v) is 6.82. The second-order valence-corrected chi connectivity index (χ2v) is 5.35. The van der Waals surface area contributed by atoms with Gasteiger partial charge < -0.3 is 10.6 Å². The van der Waals surface area contributed by atoms with E-state index in [4.69, 9.17) is 5.73 Å². The molecule has 106 valence electrons. The zero-order valence-electron chi connectivity index (χ0n) is 12.2. The van der Waals surface area contributed by atoms with Gasteiger partial charge in [0.2, 0.25) is 0 Å². The van der Waals surface area contributed by atoms with Crippen molar-refractivity contribution >= 4 is 11.4 Å². The van der Waals surface area contributed by atoms with Crippen LogP contribution in [0.25, 0.3) is 0 Å². The highest BCUT2D eigenvalue weighted by molar-refractivity contribution is 5.66. The summed E-state index contributed by atoms with van der Waals surface area (Å²) < 4.78 is 13.4. The maximum absolute atomic E-state index is 13.4. The van der Waals surface area contributed by atoms with Crippen molar-refractivity contribution in [3.8, 4) is 0 Å². The van der Waals surface area contributed by atoms with E-state index in [0.717, 1.165) is 17.8 Å². The Kier molecular flexibility index (Phi) is 4.40. The number of anilines is 2. The van der Waals surface area contributed by atoms with E-state index in [2.05, 4.69) is 25.1 Å². The van der Waals surface area contributed by atoms with Crippen molar-refractivity contribution in [1.29, 1.82) is 0 Å².